The predicted octanol–water partition coefficient (Wildman–Crippen LogP) is 4.78. The van der Waals surface area contributed by atoms with Crippen LogP contribution in [0.4, 0.5) is 0 Å². The molecule has 0 spiro atoms. The monoisotopic (exact) mass is 410 g/mol. The molecule has 30 heavy (non-hydrogen) atoms. The Bertz CT molecular complexity index is 814. The van der Waals surface area contributed by atoms with Crippen molar-refractivity contribution in [3.63, 3.8) is 0 Å². The summed E-state index contributed by atoms with van der Waals surface area (Å²) < 4.78 is 22.7. The number of hydrogen-bond donors (Lipinski definition) is 0. The van der Waals surface area contributed by atoms with Crippen molar-refractivity contribution in [2.24, 2.45) is 5.92 Å². The Balaban J connectivity index is 1.51. The van der Waals surface area contributed by atoms with Crippen LogP contribution in [0, 0.1) is 5.92 Å². The van der Waals surface area contributed by atoms with Gasteiger partial charge in [0.2, 0.25) is 0 Å². The highest BCUT2D eigenvalue weighted by atomic mass is 16.6. The first-order chi connectivity index (χ1) is 14.5. The van der Waals surface area contributed by atoms with Crippen molar-refractivity contribution in [1.29, 1.82) is 0 Å². The molecule has 0 aromatic heterocycles. The van der Waals surface area contributed by atoms with Gasteiger partial charge in [0, 0.05) is 11.3 Å². The van der Waals surface area contributed by atoms with Gasteiger partial charge in [0.15, 0.2) is 0 Å². The molecule has 1 aliphatic carbocycles. The minimum absolute atomic E-state index is 0.0818. The summed E-state index contributed by atoms with van der Waals surface area (Å²) in [7, 11) is 0. The van der Waals surface area contributed by atoms with Crippen molar-refractivity contribution in [2.75, 3.05) is 26.4 Å². The van der Waals surface area contributed by atoms with E-state index < -0.39 is 0 Å². The van der Waals surface area contributed by atoms with E-state index in [9.17, 15) is 0 Å². The molecule has 162 valence electrons. The second-order valence-electron chi connectivity index (χ2n) is 8.99. The van der Waals surface area contributed by atoms with E-state index in [0.717, 1.165) is 31.8 Å². The number of aryl methyl sites for hydroxylation is 1. The first-order valence-corrected chi connectivity index (χ1v) is 11.1. The molecule has 0 amide bonds. The van der Waals surface area contributed by atoms with Crippen LogP contribution in [0.15, 0.2) is 54.7 Å². The van der Waals surface area contributed by atoms with Gasteiger partial charge in [-0.05, 0) is 35.6 Å². The number of rotatable bonds is 11. The molecule has 4 heteroatoms. The maximum atomic E-state index is 6.11. The second kappa shape index (κ2) is 9.09. The van der Waals surface area contributed by atoms with Gasteiger partial charge in [-0.1, -0.05) is 57.2 Å². The zero-order valence-corrected chi connectivity index (χ0v) is 18.4. The van der Waals surface area contributed by atoms with Gasteiger partial charge < -0.3 is 18.9 Å². The molecule has 1 aromatic carbocycles. The van der Waals surface area contributed by atoms with E-state index in [1.54, 1.807) is 0 Å². The normalized spacial score (nSPS) is 27.5. The summed E-state index contributed by atoms with van der Waals surface area (Å²) in [6.45, 7) is 13.7. The molecular weight excluding hydrogens is 376 g/mol. The summed E-state index contributed by atoms with van der Waals surface area (Å²) in [6, 6.07) is 6.62. The molecule has 0 saturated carbocycles. The fourth-order valence-electron chi connectivity index (χ4n) is 3.99. The maximum Gasteiger partial charge on any atom is 0.122 e. The molecule has 2 fully saturated rings. The first kappa shape index (κ1) is 21.4. The van der Waals surface area contributed by atoms with Crippen LogP contribution in [-0.4, -0.2) is 44.7 Å². The predicted molar refractivity (Wildman–Crippen MR) is 119 cm³/mol. The highest BCUT2D eigenvalue weighted by Crippen LogP contribution is 2.39. The fraction of sp³-hybridized carbons (Fsp3) is 0.538. The maximum absolute atomic E-state index is 6.11. The average molecular weight is 411 g/mol. The van der Waals surface area contributed by atoms with Gasteiger partial charge in [-0.25, -0.2) is 0 Å². The molecular formula is C26H34O4. The van der Waals surface area contributed by atoms with Crippen molar-refractivity contribution >= 4 is 0 Å². The molecule has 0 radical (unpaired) electrons. The van der Waals surface area contributed by atoms with Gasteiger partial charge in [0.1, 0.15) is 24.6 Å². The lowest BCUT2D eigenvalue weighted by molar-refractivity contribution is 0.0466. The van der Waals surface area contributed by atoms with Crippen molar-refractivity contribution in [2.45, 2.75) is 57.3 Å². The topological polar surface area (TPSA) is 43.5 Å². The van der Waals surface area contributed by atoms with Crippen molar-refractivity contribution in [1.82, 2.24) is 0 Å². The average Bonchev–Trinajstić information content (AvgIpc) is 3.66. The second-order valence-corrected chi connectivity index (χ2v) is 8.99. The zero-order valence-electron chi connectivity index (χ0n) is 18.4. The summed E-state index contributed by atoms with van der Waals surface area (Å²) in [5.74, 6) is 1.27. The largest absolute Gasteiger partial charge is 0.491 e. The minimum Gasteiger partial charge on any atom is -0.491 e. The number of epoxide rings is 2. The Hall–Kier alpha value is -1.88. The highest BCUT2D eigenvalue weighted by molar-refractivity contribution is 5.47. The van der Waals surface area contributed by atoms with Crippen LogP contribution in [0.5, 0.6) is 5.75 Å². The lowest BCUT2D eigenvalue weighted by Crippen LogP contribution is -2.29. The SMILES string of the molecule is C=CCC1C=C(C(C)(C)c2ccc(OCC3CO3)c(CC)c2)C=CC1OCC1CO1. The van der Waals surface area contributed by atoms with Crippen LogP contribution in [0.2, 0.25) is 0 Å². The number of allylic oxidation sites excluding steroid dienone is 3. The van der Waals surface area contributed by atoms with Crippen LogP contribution in [0.1, 0.15) is 38.3 Å². The summed E-state index contributed by atoms with van der Waals surface area (Å²) in [4.78, 5) is 0. The van der Waals surface area contributed by atoms with E-state index in [4.69, 9.17) is 18.9 Å². The lowest BCUT2D eigenvalue weighted by atomic mass is 9.73. The third kappa shape index (κ3) is 5.05. The first-order valence-electron chi connectivity index (χ1n) is 11.1. The summed E-state index contributed by atoms with van der Waals surface area (Å²) >= 11 is 0. The van der Waals surface area contributed by atoms with E-state index in [0.29, 0.717) is 19.1 Å². The van der Waals surface area contributed by atoms with E-state index in [1.165, 1.54) is 16.7 Å². The van der Waals surface area contributed by atoms with E-state index >= 15 is 0 Å². The zero-order chi connectivity index (χ0) is 21.1. The third-order valence-electron chi connectivity index (χ3n) is 6.31. The molecule has 3 aliphatic rings. The Morgan fingerprint density at radius 3 is 2.57 bits per heavy atom. The lowest BCUT2D eigenvalue weighted by Gasteiger charge is -2.33. The standard InChI is InChI=1S/C26H34O4/c1-5-7-19-13-21(9-11-25(19)30-17-23-15-28-23)26(3,4)20-8-10-24(18(6-2)12-20)29-16-22-14-27-22/h5,8-13,19,22-23,25H,1,6-7,14-17H2,2-4H3. The molecule has 0 N–H and O–H groups in total. The highest BCUT2D eigenvalue weighted by Gasteiger charge is 2.32. The van der Waals surface area contributed by atoms with E-state index in [2.05, 4.69) is 63.8 Å². The Kier molecular flexibility index (Phi) is 6.47. The summed E-state index contributed by atoms with van der Waals surface area (Å²) in [5, 5.41) is 0. The van der Waals surface area contributed by atoms with Gasteiger partial charge in [-0.3, -0.25) is 0 Å². The molecule has 4 unspecified atom stereocenters. The van der Waals surface area contributed by atoms with Crippen LogP contribution in [0.3, 0.4) is 0 Å². The van der Waals surface area contributed by atoms with Crippen molar-refractivity contribution in [3.05, 3.63) is 65.8 Å². The minimum atomic E-state index is -0.109. The molecule has 2 aliphatic heterocycles. The molecule has 2 saturated heterocycles. The summed E-state index contributed by atoms with van der Waals surface area (Å²) in [5.41, 5.74) is 3.75. The van der Waals surface area contributed by atoms with Crippen LogP contribution >= 0.6 is 0 Å². The molecule has 4 rings (SSSR count). The van der Waals surface area contributed by atoms with Gasteiger partial charge in [0.25, 0.3) is 0 Å². The fourth-order valence-corrected chi connectivity index (χ4v) is 3.99. The Labute approximate surface area is 180 Å². The molecule has 4 nitrogen and oxygen atoms in total. The van der Waals surface area contributed by atoms with Crippen LogP contribution in [-0.2, 0) is 26.0 Å². The number of hydrogen-bond acceptors (Lipinski definition) is 4. The van der Waals surface area contributed by atoms with Gasteiger partial charge >= 0.3 is 0 Å². The molecule has 2 heterocycles. The van der Waals surface area contributed by atoms with Crippen LogP contribution in [0.25, 0.3) is 0 Å². The third-order valence-corrected chi connectivity index (χ3v) is 6.31. The smallest absolute Gasteiger partial charge is 0.122 e. The van der Waals surface area contributed by atoms with Gasteiger partial charge in [0.05, 0.1) is 25.9 Å². The van der Waals surface area contributed by atoms with E-state index in [-0.39, 0.29) is 23.7 Å². The summed E-state index contributed by atoms with van der Waals surface area (Å²) in [6.07, 6.45) is 11.3. The number of benzene rings is 1. The van der Waals surface area contributed by atoms with E-state index in [1.807, 2.05) is 6.08 Å². The number of ether oxygens (including phenoxy) is 4. The molecule has 4 atom stereocenters. The molecule has 0 bridgehead atoms. The van der Waals surface area contributed by atoms with Gasteiger partial charge in [-0.15, -0.1) is 6.58 Å². The van der Waals surface area contributed by atoms with Crippen molar-refractivity contribution in [3.8, 4) is 5.75 Å². The Morgan fingerprint density at radius 1 is 1.17 bits per heavy atom. The Morgan fingerprint density at radius 2 is 1.90 bits per heavy atom. The molecule has 1 aromatic rings. The quantitative estimate of drug-likeness (QED) is 0.389. The van der Waals surface area contributed by atoms with Crippen molar-refractivity contribution < 1.29 is 18.9 Å². The van der Waals surface area contributed by atoms with Crippen LogP contribution < -0.4 is 4.74 Å². The van der Waals surface area contributed by atoms with Gasteiger partial charge in [-0.2, -0.15) is 0 Å².